The molecule has 1 aliphatic rings. The Balaban J connectivity index is 1.55. The van der Waals surface area contributed by atoms with Crippen molar-refractivity contribution >= 4 is 28.3 Å². The van der Waals surface area contributed by atoms with Gasteiger partial charge in [-0.1, -0.05) is 30.3 Å². The fourth-order valence-corrected chi connectivity index (χ4v) is 3.25. The number of nitrogens with one attached hydrogen (secondary N) is 1. The number of likely N-dealkylation sites (N-methyl/N-ethyl adjacent to an activating group) is 2. The number of hydrogen-bond donors (Lipinski definition) is 1. The van der Waals surface area contributed by atoms with Gasteiger partial charge in [-0.15, -0.1) is 0 Å². The van der Waals surface area contributed by atoms with Gasteiger partial charge in [-0.2, -0.15) is 0 Å². The van der Waals surface area contributed by atoms with Gasteiger partial charge in [0.15, 0.2) is 0 Å². The number of carbonyl (C=O) groups is 2. The average Bonchev–Trinajstić information content (AvgIpc) is 2.67. The summed E-state index contributed by atoms with van der Waals surface area (Å²) >= 11 is 0. The third kappa shape index (κ3) is 4.32. The summed E-state index contributed by atoms with van der Waals surface area (Å²) in [7, 11) is 3.59. The van der Waals surface area contributed by atoms with E-state index in [0.717, 1.165) is 18.8 Å². The van der Waals surface area contributed by atoms with Crippen molar-refractivity contribution < 1.29 is 9.59 Å². The summed E-state index contributed by atoms with van der Waals surface area (Å²) in [6.07, 6.45) is 0. The summed E-state index contributed by atoms with van der Waals surface area (Å²) in [6.45, 7) is 3.56. The molecule has 6 heteroatoms. The number of benzene rings is 2. The number of carbonyl (C=O) groups excluding carboxylic acids is 2. The molecule has 0 bridgehead atoms. The van der Waals surface area contributed by atoms with Gasteiger partial charge in [0.25, 0.3) is 0 Å². The summed E-state index contributed by atoms with van der Waals surface area (Å²) in [5.74, 6) is 0.140. The van der Waals surface area contributed by atoms with Crippen LogP contribution in [0.3, 0.4) is 0 Å². The fraction of sp³-hybridized carbons (Fsp3) is 0.400. The largest absolute Gasteiger partial charge is 0.365 e. The van der Waals surface area contributed by atoms with Gasteiger partial charge in [-0.3, -0.25) is 14.5 Å². The van der Waals surface area contributed by atoms with Crippen LogP contribution in [0.5, 0.6) is 0 Å². The van der Waals surface area contributed by atoms with Crippen molar-refractivity contribution in [3.63, 3.8) is 0 Å². The highest BCUT2D eigenvalue weighted by molar-refractivity contribution is 5.87. The van der Waals surface area contributed by atoms with Gasteiger partial charge in [0.1, 0.15) is 0 Å². The lowest BCUT2D eigenvalue weighted by Crippen LogP contribution is -2.52. The van der Waals surface area contributed by atoms with Gasteiger partial charge >= 0.3 is 0 Å². The molecule has 0 saturated carbocycles. The summed E-state index contributed by atoms with van der Waals surface area (Å²) < 4.78 is 0. The zero-order chi connectivity index (χ0) is 18.5. The van der Waals surface area contributed by atoms with E-state index in [1.54, 1.807) is 7.05 Å². The molecule has 1 aliphatic heterocycles. The van der Waals surface area contributed by atoms with Crippen LogP contribution in [-0.4, -0.2) is 75.0 Å². The van der Waals surface area contributed by atoms with Gasteiger partial charge in [0.05, 0.1) is 13.1 Å². The van der Waals surface area contributed by atoms with Crippen LogP contribution in [0.4, 0.5) is 5.69 Å². The van der Waals surface area contributed by atoms with Crippen LogP contribution >= 0.6 is 0 Å². The summed E-state index contributed by atoms with van der Waals surface area (Å²) in [5, 5.41) is 5.01. The highest BCUT2D eigenvalue weighted by Gasteiger charge is 2.23. The van der Waals surface area contributed by atoms with Crippen LogP contribution in [0, 0.1) is 0 Å². The zero-order valence-electron chi connectivity index (χ0n) is 15.4. The van der Waals surface area contributed by atoms with Crippen LogP contribution in [0.2, 0.25) is 0 Å². The number of hydrogen-bond acceptors (Lipinski definition) is 4. The van der Waals surface area contributed by atoms with Crippen LogP contribution in [0.1, 0.15) is 0 Å². The average molecular weight is 354 g/mol. The minimum absolute atomic E-state index is 0.0146. The van der Waals surface area contributed by atoms with E-state index in [9.17, 15) is 9.59 Å². The Morgan fingerprint density at radius 3 is 2.42 bits per heavy atom. The van der Waals surface area contributed by atoms with Crippen molar-refractivity contribution in [1.82, 2.24) is 15.1 Å². The van der Waals surface area contributed by atoms with Crippen molar-refractivity contribution in [2.45, 2.75) is 0 Å². The smallest absolute Gasteiger partial charge is 0.242 e. The summed E-state index contributed by atoms with van der Waals surface area (Å²) in [6, 6.07) is 14.5. The van der Waals surface area contributed by atoms with E-state index in [4.69, 9.17) is 0 Å². The molecule has 0 radical (unpaired) electrons. The van der Waals surface area contributed by atoms with Crippen molar-refractivity contribution in [2.24, 2.45) is 0 Å². The van der Waals surface area contributed by atoms with Gasteiger partial charge in [0, 0.05) is 46.0 Å². The molecular weight excluding hydrogens is 328 g/mol. The Labute approximate surface area is 154 Å². The lowest BCUT2D eigenvalue weighted by molar-refractivity contribution is -0.131. The molecule has 1 N–H and O–H groups in total. The number of amides is 2. The van der Waals surface area contributed by atoms with Gasteiger partial charge in [-0.05, 0) is 22.9 Å². The molecule has 0 aromatic heterocycles. The number of fused-ring (bicyclic) bond motifs is 1. The Hall–Kier alpha value is -2.60. The fourth-order valence-electron chi connectivity index (χ4n) is 3.25. The predicted octanol–water partition coefficient (Wildman–Crippen LogP) is 1.17. The molecular formula is C20H26N4O2. The van der Waals surface area contributed by atoms with Crippen LogP contribution < -0.4 is 10.2 Å². The molecule has 0 aliphatic carbocycles. The van der Waals surface area contributed by atoms with E-state index >= 15 is 0 Å². The third-order valence-corrected chi connectivity index (χ3v) is 4.92. The first-order valence-corrected chi connectivity index (χ1v) is 8.97. The lowest BCUT2D eigenvalue weighted by atomic mass is 10.1. The Morgan fingerprint density at radius 2 is 1.73 bits per heavy atom. The van der Waals surface area contributed by atoms with E-state index in [1.807, 2.05) is 29.0 Å². The van der Waals surface area contributed by atoms with E-state index in [2.05, 4.69) is 40.5 Å². The minimum atomic E-state index is 0.0146. The first-order chi connectivity index (χ1) is 12.6. The second-order valence-corrected chi connectivity index (χ2v) is 6.72. The number of anilines is 1. The SMILES string of the molecule is CNC(=O)CN1CCN(C(=O)CN(C)c2ccc3ccccc3c2)CC1. The number of rotatable bonds is 5. The quantitative estimate of drug-likeness (QED) is 0.876. The molecule has 2 amide bonds. The van der Waals surface area contributed by atoms with Crippen molar-refractivity contribution in [1.29, 1.82) is 0 Å². The van der Waals surface area contributed by atoms with Crippen molar-refractivity contribution in [2.75, 3.05) is 58.3 Å². The molecule has 138 valence electrons. The second kappa shape index (κ2) is 8.19. The second-order valence-electron chi connectivity index (χ2n) is 6.72. The number of piperazine rings is 1. The van der Waals surface area contributed by atoms with Crippen LogP contribution in [-0.2, 0) is 9.59 Å². The monoisotopic (exact) mass is 354 g/mol. The first-order valence-electron chi connectivity index (χ1n) is 8.97. The predicted molar refractivity (Wildman–Crippen MR) is 104 cm³/mol. The Kier molecular flexibility index (Phi) is 5.73. The standard InChI is InChI=1S/C20H26N4O2/c1-21-19(25)14-23-9-11-24(12-10-23)20(26)15-22(2)18-8-7-16-5-3-4-6-17(16)13-18/h3-8,13H,9-12,14-15H2,1-2H3,(H,21,25). The molecule has 2 aromatic carbocycles. The highest BCUT2D eigenvalue weighted by Crippen LogP contribution is 2.21. The molecule has 0 unspecified atom stereocenters. The van der Waals surface area contributed by atoms with E-state index in [1.165, 1.54) is 10.8 Å². The highest BCUT2D eigenvalue weighted by atomic mass is 16.2. The van der Waals surface area contributed by atoms with E-state index in [0.29, 0.717) is 26.2 Å². The maximum Gasteiger partial charge on any atom is 0.242 e. The molecule has 6 nitrogen and oxygen atoms in total. The Morgan fingerprint density at radius 1 is 1.04 bits per heavy atom. The molecule has 0 atom stereocenters. The normalized spacial score (nSPS) is 15.1. The molecule has 1 heterocycles. The number of nitrogens with zero attached hydrogens (tertiary/aromatic N) is 3. The molecule has 26 heavy (non-hydrogen) atoms. The van der Waals surface area contributed by atoms with Gasteiger partial charge in [0.2, 0.25) is 11.8 Å². The van der Waals surface area contributed by atoms with Crippen LogP contribution in [0.25, 0.3) is 10.8 Å². The molecule has 3 rings (SSSR count). The molecule has 0 spiro atoms. The molecule has 2 aromatic rings. The molecule has 1 fully saturated rings. The minimum Gasteiger partial charge on any atom is -0.365 e. The lowest BCUT2D eigenvalue weighted by Gasteiger charge is -2.35. The van der Waals surface area contributed by atoms with E-state index in [-0.39, 0.29) is 11.8 Å². The van der Waals surface area contributed by atoms with Crippen molar-refractivity contribution in [3.05, 3.63) is 42.5 Å². The van der Waals surface area contributed by atoms with Crippen LogP contribution in [0.15, 0.2) is 42.5 Å². The topological polar surface area (TPSA) is 55.9 Å². The third-order valence-electron chi connectivity index (χ3n) is 4.92. The first kappa shape index (κ1) is 18.2. The van der Waals surface area contributed by atoms with Crippen molar-refractivity contribution in [3.8, 4) is 0 Å². The zero-order valence-corrected chi connectivity index (χ0v) is 15.4. The maximum atomic E-state index is 12.6. The van der Waals surface area contributed by atoms with E-state index < -0.39 is 0 Å². The summed E-state index contributed by atoms with van der Waals surface area (Å²) in [4.78, 5) is 30.0. The molecule has 1 saturated heterocycles. The Bertz CT molecular complexity index is 784. The summed E-state index contributed by atoms with van der Waals surface area (Å²) in [5.41, 5.74) is 1.04. The maximum absolute atomic E-state index is 12.6. The van der Waals surface area contributed by atoms with Gasteiger partial charge in [-0.25, -0.2) is 0 Å². The van der Waals surface area contributed by atoms with Gasteiger partial charge < -0.3 is 15.1 Å².